The third-order valence-electron chi connectivity index (χ3n) is 2.40. The van der Waals surface area contributed by atoms with Gasteiger partial charge in [-0.3, -0.25) is 0 Å². The Labute approximate surface area is 115 Å². The van der Waals surface area contributed by atoms with Gasteiger partial charge < -0.3 is 9.47 Å². The Morgan fingerprint density at radius 1 is 1.32 bits per heavy atom. The number of ether oxygens (including phenoxy) is 2. The summed E-state index contributed by atoms with van der Waals surface area (Å²) in [6.07, 6.45) is 1.60. The highest BCUT2D eigenvalue weighted by molar-refractivity contribution is 6.31. The number of hydrogen-bond acceptors (Lipinski definition) is 4. The Hall–Kier alpha value is -1.56. The molecular weight excluding hydrogens is 271 g/mol. The fourth-order valence-electron chi connectivity index (χ4n) is 1.53. The Morgan fingerprint density at radius 3 is 2.89 bits per heavy atom. The third kappa shape index (κ3) is 3.70. The van der Waals surface area contributed by atoms with Crippen molar-refractivity contribution in [1.29, 1.82) is 0 Å². The molecule has 0 amide bonds. The summed E-state index contributed by atoms with van der Waals surface area (Å²) in [7, 11) is 1.55. The minimum Gasteiger partial charge on any atom is -0.359 e. The quantitative estimate of drug-likeness (QED) is 0.624. The molecule has 2 aromatic rings. The standard InChI is InChI=1S/C13H12ClFN2O2/c1-18-8-19-7-9-4-13(17-16-6-9)10-2-3-12(15)11(14)5-10/h2-6H,7-8H2,1H3. The van der Waals surface area contributed by atoms with Gasteiger partial charge in [-0.2, -0.15) is 10.2 Å². The summed E-state index contributed by atoms with van der Waals surface area (Å²) in [4.78, 5) is 0. The second-order valence-electron chi connectivity index (χ2n) is 3.83. The molecule has 0 aliphatic carbocycles. The lowest BCUT2D eigenvalue weighted by atomic mass is 10.1. The average molecular weight is 283 g/mol. The number of rotatable bonds is 5. The maximum absolute atomic E-state index is 13.1. The van der Waals surface area contributed by atoms with E-state index in [1.54, 1.807) is 19.4 Å². The molecule has 0 spiro atoms. The first-order valence-corrected chi connectivity index (χ1v) is 5.92. The second kappa shape index (κ2) is 6.56. The Balaban J connectivity index is 2.19. The molecule has 1 aromatic heterocycles. The number of aromatic nitrogens is 2. The molecule has 1 aromatic carbocycles. The zero-order valence-electron chi connectivity index (χ0n) is 10.3. The molecule has 0 bridgehead atoms. The first-order valence-electron chi connectivity index (χ1n) is 5.54. The van der Waals surface area contributed by atoms with Crippen LogP contribution in [0.25, 0.3) is 11.3 Å². The fourth-order valence-corrected chi connectivity index (χ4v) is 1.71. The summed E-state index contributed by atoms with van der Waals surface area (Å²) >= 11 is 5.74. The van der Waals surface area contributed by atoms with Gasteiger partial charge in [0, 0.05) is 18.2 Å². The third-order valence-corrected chi connectivity index (χ3v) is 2.69. The zero-order chi connectivity index (χ0) is 13.7. The lowest BCUT2D eigenvalue weighted by Gasteiger charge is -2.05. The van der Waals surface area contributed by atoms with Gasteiger partial charge in [0.05, 0.1) is 23.5 Å². The Bertz CT molecular complexity index is 566. The molecule has 0 saturated carbocycles. The largest absolute Gasteiger partial charge is 0.359 e. The normalized spacial score (nSPS) is 10.7. The lowest BCUT2D eigenvalue weighted by Crippen LogP contribution is -1.99. The van der Waals surface area contributed by atoms with Crippen LogP contribution in [0.2, 0.25) is 5.02 Å². The van der Waals surface area contributed by atoms with Gasteiger partial charge in [0.15, 0.2) is 0 Å². The molecule has 100 valence electrons. The molecule has 4 nitrogen and oxygen atoms in total. The molecule has 1 heterocycles. The molecule has 0 aliphatic heterocycles. The van der Waals surface area contributed by atoms with Gasteiger partial charge in [-0.25, -0.2) is 4.39 Å². The molecule has 0 fully saturated rings. The van der Waals surface area contributed by atoms with Crippen LogP contribution in [0, 0.1) is 5.82 Å². The molecule has 0 N–H and O–H groups in total. The fraction of sp³-hybridized carbons (Fsp3) is 0.231. The summed E-state index contributed by atoms with van der Waals surface area (Å²) in [5.74, 6) is -0.460. The van der Waals surface area contributed by atoms with Crippen LogP contribution in [0.5, 0.6) is 0 Å². The predicted octanol–water partition coefficient (Wildman–Crippen LogP) is 3.06. The molecule has 0 saturated heterocycles. The monoisotopic (exact) mass is 282 g/mol. The van der Waals surface area contributed by atoms with Gasteiger partial charge in [-0.15, -0.1) is 0 Å². The van der Waals surface area contributed by atoms with Gasteiger partial charge in [0.2, 0.25) is 0 Å². The second-order valence-corrected chi connectivity index (χ2v) is 4.24. The maximum Gasteiger partial charge on any atom is 0.146 e. The topological polar surface area (TPSA) is 44.2 Å². The van der Waals surface area contributed by atoms with Crippen molar-refractivity contribution in [3.05, 3.63) is 46.9 Å². The number of hydrogen-bond donors (Lipinski definition) is 0. The molecule has 6 heteroatoms. The van der Waals surface area contributed by atoms with Crippen molar-refractivity contribution in [2.24, 2.45) is 0 Å². The minimum absolute atomic E-state index is 0.0559. The Kier molecular flexibility index (Phi) is 4.79. The van der Waals surface area contributed by atoms with E-state index in [-0.39, 0.29) is 11.8 Å². The summed E-state index contributed by atoms with van der Waals surface area (Å²) in [5.41, 5.74) is 2.16. The highest BCUT2D eigenvalue weighted by atomic mass is 35.5. The van der Waals surface area contributed by atoms with Crippen molar-refractivity contribution >= 4 is 11.6 Å². The van der Waals surface area contributed by atoms with Gasteiger partial charge in [0.1, 0.15) is 12.6 Å². The van der Waals surface area contributed by atoms with Crippen LogP contribution < -0.4 is 0 Å². The van der Waals surface area contributed by atoms with Crippen LogP contribution in [0.4, 0.5) is 4.39 Å². The van der Waals surface area contributed by atoms with E-state index in [1.165, 1.54) is 12.1 Å². The summed E-state index contributed by atoms with van der Waals surface area (Å²) in [5, 5.41) is 7.93. The van der Waals surface area contributed by atoms with Crippen LogP contribution in [0.1, 0.15) is 5.56 Å². The molecule has 19 heavy (non-hydrogen) atoms. The molecular formula is C13H12ClFN2O2. The van der Waals surface area contributed by atoms with Crippen LogP contribution in [0.3, 0.4) is 0 Å². The smallest absolute Gasteiger partial charge is 0.146 e. The van der Waals surface area contributed by atoms with Gasteiger partial charge in [-0.1, -0.05) is 11.6 Å². The van der Waals surface area contributed by atoms with E-state index in [1.807, 2.05) is 6.07 Å². The summed E-state index contributed by atoms with van der Waals surface area (Å²) in [6, 6.07) is 6.23. The van der Waals surface area contributed by atoms with Crippen molar-refractivity contribution in [2.75, 3.05) is 13.9 Å². The summed E-state index contributed by atoms with van der Waals surface area (Å²) < 4.78 is 23.1. The van der Waals surface area contributed by atoms with Gasteiger partial charge in [-0.05, 0) is 24.3 Å². The SMILES string of the molecule is COCOCc1cnnc(-c2ccc(F)c(Cl)c2)c1. The number of nitrogens with zero attached hydrogens (tertiary/aromatic N) is 2. The molecule has 0 unspecified atom stereocenters. The van der Waals surface area contributed by atoms with Crippen LogP contribution in [-0.4, -0.2) is 24.1 Å². The van der Waals surface area contributed by atoms with E-state index < -0.39 is 5.82 Å². The van der Waals surface area contributed by atoms with Crippen molar-refractivity contribution in [2.45, 2.75) is 6.61 Å². The van der Waals surface area contributed by atoms with E-state index in [0.717, 1.165) is 5.56 Å². The number of benzene rings is 1. The zero-order valence-corrected chi connectivity index (χ0v) is 11.0. The lowest BCUT2D eigenvalue weighted by molar-refractivity contribution is -0.0391. The van der Waals surface area contributed by atoms with E-state index >= 15 is 0 Å². The van der Waals surface area contributed by atoms with E-state index in [0.29, 0.717) is 17.9 Å². The first-order chi connectivity index (χ1) is 9.20. The van der Waals surface area contributed by atoms with Crippen molar-refractivity contribution in [3.8, 4) is 11.3 Å². The van der Waals surface area contributed by atoms with E-state index in [2.05, 4.69) is 10.2 Å². The van der Waals surface area contributed by atoms with E-state index in [9.17, 15) is 4.39 Å². The summed E-state index contributed by atoms with van der Waals surface area (Å²) in [6.45, 7) is 0.575. The highest BCUT2D eigenvalue weighted by Crippen LogP contribution is 2.23. The van der Waals surface area contributed by atoms with E-state index in [4.69, 9.17) is 21.1 Å². The maximum atomic E-state index is 13.1. The van der Waals surface area contributed by atoms with Crippen LogP contribution in [0.15, 0.2) is 30.5 Å². The predicted molar refractivity (Wildman–Crippen MR) is 69.1 cm³/mol. The Morgan fingerprint density at radius 2 is 2.16 bits per heavy atom. The van der Waals surface area contributed by atoms with Gasteiger partial charge in [0.25, 0.3) is 0 Å². The van der Waals surface area contributed by atoms with Crippen molar-refractivity contribution < 1.29 is 13.9 Å². The molecule has 0 atom stereocenters. The number of methoxy groups -OCH3 is 1. The van der Waals surface area contributed by atoms with Crippen LogP contribution >= 0.6 is 11.6 Å². The minimum atomic E-state index is -0.460. The van der Waals surface area contributed by atoms with Crippen LogP contribution in [-0.2, 0) is 16.1 Å². The van der Waals surface area contributed by atoms with Crippen molar-refractivity contribution in [3.63, 3.8) is 0 Å². The number of halogens is 2. The molecule has 2 rings (SSSR count). The highest BCUT2D eigenvalue weighted by Gasteiger charge is 2.06. The van der Waals surface area contributed by atoms with Crippen molar-refractivity contribution in [1.82, 2.24) is 10.2 Å². The average Bonchev–Trinajstić information content (AvgIpc) is 2.43. The molecule has 0 radical (unpaired) electrons. The first kappa shape index (κ1) is 13.9. The molecule has 0 aliphatic rings. The van der Waals surface area contributed by atoms with Gasteiger partial charge >= 0.3 is 0 Å².